The Morgan fingerprint density at radius 2 is 1.55 bits per heavy atom. The zero-order valence-corrected chi connectivity index (χ0v) is 39.3. The minimum Gasteiger partial charge on any atom is -0.391 e. The topological polar surface area (TPSA) is 178 Å². The fourth-order valence-electron chi connectivity index (χ4n) is 10.0. The summed E-state index contributed by atoms with van der Waals surface area (Å²) in [6.45, 7) is 17.4. The van der Waals surface area contributed by atoms with Gasteiger partial charge in [0.1, 0.15) is 36.2 Å². The number of aliphatic hydroxyl groups excluding tert-OH is 3. The van der Waals surface area contributed by atoms with Crippen LogP contribution in [-0.2, 0) is 44.7 Å². The molecule has 3 aliphatic rings. The quantitative estimate of drug-likeness (QED) is 0.209. The van der Waals surface area contributed by atoms with Crippen molar-refractivity contribution in [2.75, 3.05) is 28.3 Å². The molecular formula is C46H76F2N2O12. The minimum absolute atomic E-state index is 0.0650. The first-order chi connectivity index (χ1) is 28.8. The number of halogens is 2. The molecule has 0 bridgehead atoms. The maximum Gasteiger partial charge on any atom is 0.185 e. The molecule has 2 heterocycles. The zero-order chi connectivity index (χ0) is 46.6. The fraction of sp³-hybridized carbons (Fsp3) is 0.826. The maximum absolute atomic E-state index is 14.7. The number of carbonyl (C=O) groups excluding carboxylic acids is 1. The highest BCUT2D eigenvalue weighted by Gasteiger charge is 2.53. The van der Waals surface area contributed by atoms with Crippen LogP contribution in [0.15, 0.2) is 23.4 Å². The van der Waals surface area contributed by atoms with E-state index in [1.807, 2.05) is 53.6 Å². The van der Waals surface area contributed by atoms with Crippen LogP contribution in [-0.4, -0.2) is 143 Å². The Kier molecular flexibility index (Phi) is 18.1. The van der Waals surface area contributed by atoms with Crippen molar-refractivity contribution in [2.45, 2.75) is 186 Å². The number of nitrogens with zero attached hydrogens (tertiary/aromatic N) is 2. The summed E-state index contributed by atoms with van der Waals surface area (Å²) >= 11 is 0. The van der Waals surface area contributed by atoms with E-state index in [1.165, 1.54) is 21.1 Å². The summed E-state index contributed by atoms with van der Waals surface area (Å²) in [6, 6.07) is 2.71. The Morgan fingerprint density at radius 3 is 2.15 bits per heavy atom. The first-order valence-corrected chi connectivity index (χ1v) is 22.2. The van der Waals surface area contributed by atoms with Gasteiger partial charge in [-0.05, 0) is 85.7 Å². The molecule has 0 amide bonds. The summed E-state index contributed by atoms with van der Waals surface area (Å²) in [6.07, 6.45) is -7.46. The number of methoxy groups -OCH3 is 2. The average Bonchev–Trinajstić information content (AvgIpc) is 3.21. The Balaban J connectivity index is 1.91. The number of ketones is 1. The van der Waals surface area contributed by atoms with Crippen molar-refractivity contribution in [3.63, 3.8) is 0 Å². The van der Waals surface area contributed by atoms with Crippen LogP contribution < -0.4 is 0 Å². The molecule has 2 saturated heterocycles. The van der Waals surface area contributed by atoms with Gasteiger partial charge in [0.15, 0.2) is 12.6 Å². The largest absolute Gasteiger partial charge is 0.391 e. The summed E-state index contributed by atoms with van der Waals surface area (Å²) in [5.41, 5.74) is -3.91. The third-order valence-electron chi connectivity index (χ3n) is 14.3. The van der Waals surface area contributed by atoms with E-state index in [0.29, 0.717) is 18.6 Å². The third-order valence-corrected chi connectivity index (χ3v) is 14.3. The molecule has 356 valence electrons. The molecule has 4 rings (SSSR count). The molecule has 1 aromatic rings. The van der Waals surface area contributed by atoms with Gasteiger partial charge in [-0.2, -0.15) is 0 Å². The second-order valence-electron chi connectivity index (χ2n) is 19.2. The van der Waals surface area contributed by atoms with Crippen LogP contribution in [0.25, 0.3) is 0 Å². The van der Waals surface area contributed by atoms with E-state index in [1.54, 1.807) is 27.7 Å². The van der Waals surface area contributed by atoms with Crippen molar-refractivity contribution in [3.05, 3.63) is 35.4 Å². The molecule has 0 unspecified atom stereocenters. The summed E-state index contributed by atoms with van der Waals surface area (Å²) in [5.74, 6) is -5.31. The van der Waals surface area contributed by atoms with Crippen molar-refractivity contribution >= 4 is 11.5 Å². The highest BCUT2D eigenvalue weighted by Crippen LogP contribution is 2.43. The van der Waals surface area contributed by atoms with Gasteiger partial charge in [-0.25, -0.2) is 8.78 Å². The highest BCUT2D eigenvalue weighted by atomic mass is 19.1. The predicted molar refractivity (Wildman–Crippen MR) is 228 cm³/mol. The van der Waals surface area contributed by atoms with Crippen LogP contribution >= 0.6 is 0 Å². The Morgan fingerprint density at radius 1 is 0.903 bits per heavy atom. The lowest BCUT2D eigenvalue weighted by atomic mass is 9.69. The van der Waals surface area contributed by atoms with Crippen LogP contribution in [0.5, 0.6) is 0 Å². The molecule has 14 nitrogen and oxygen atoms in total. The second kappa shape index (κ2) is 21.4. The van der Waals surface area contributed by atoms with E-state index in [2.05, 4.69) is 5.16 Å². The number of aliphatic hydroxyl groups is 4. The molecule has 16 heteroatoms. The number of likely N-dealkylation sites (N-methyl/N-ethyl adjacent to an activating group) is 1. The lowest BCUT2D eigenvalue weighted by molar-refractivity contribution is -0.318. The number of ether oxygens (including phenoxy) is 6. The number of rotatable bonds is 11. The Labute approximate surface area is 367 Å². The van der Waals surface area contributed by atoms with Gasteiger partial charge in [-0.3, -0.25) is 4.79 Å². The second-order valence-corrected chi connectivity index (χ2v) is 19.2. The van der Waals surface area contributed by atoms with Crippen molar-refractivity contribution in [1.29, 1.82) is 0 Å². The molecule has 2 aliphatic heterocycles. The molecule has 3 fully saturated rings. The van der Waals surface area contributed by atoms with Gasteiger partial charge in [0, 0.05) is 62.3 Å². The van der Waals surface area contributed by atoms with Crippen molar-refractivity contribution in [2.24, 2.45) is 34.7 Å². The van der Waals surface area contributed by atoms with Gasteiger partial charge in [-0.15, -0.1) is 0 Å². The Hall–Kier alpha value is -2.22. The number of carbonyl (C=O) groups is 1. The SMILES string of the molecule is CC[C@H]1CC(=O)[C@H](C)[C@@H](O[C@H]2C[C@@](C)(OC)[C@@H](O)[C@H](C)O2)[C@H](C)[C@@H](O[C@@H]2O[C@H](C)C[C@H](N(C)C)[C@H]2O)[C@](C)(OC)C[C@@H](C)/C(=N\OCc2cc(F)ccc2F)[C@H](C)[C@@H](O)[C@]1(C)O. The number of Topliss-reactive ketones (excluding diaryl/α,β-unsaturated/α-hetero) is 1. The Bertz CT molecular complexity index is 1650. The smallest absolute Gasteiger partial charge is 0.185 e. The summed E-state index contributed by atoms with van der Waals surface area (Å²) in [7, 11) is 6.79. The molecule has 18 atom stereocenters. The lowest BCUT2D eigenvalue weighted by Crippen LogP contribution is -2.61. The molecule has 0 radical (unpaired) electrons. The van der Waals surface area contributed by atoms with Crippen LogP contribution in [0.1, 0.15) is 107 Å². The number of benzene rings is 1. The molecule has 62 heavy (non-hydrogen) atoms. The molecule has 0 spiro atoms. The van der Waals surface area contributed by atoms with Crippen molar-refractivity contribution in [3.8, 4) is 0 Å². The standard InChI is InChI=1S/C46H76F2N2O12/c1-15-31-20-35(51)26(4)39(61-36-22-44(8,56-13)41(54)29(7)60-36)28(6)42(62-43-38(52)34(50(11)12)18-25(3)59-43)45(9,57-14)21-24(2)37(27(5)40(53)46(31,10)55)49-58-23-30-19-32(47)16-17-33(30)48/h16-17,19,24-29,31,34,36,38-43,52-55H,15,18,20-23H2,1-14H3/b49-37+/t24-,25-,26+,27+,28+,29+,31+,34+,36+,38-,39-,40-,41+,42-,43+,44-,45-,46-/m1/s1. The molecule has 4 N–H and O–H groups in total. The van der Waals surface area contributed by atoms with Gasteiger partial charge >= 0.3 is 0 Å². The normalized spacial score (nSPS) is 43.7. The van der Waals surface area contributed by atoms with Crippen LogP contribution in [0.4, 0.5) is 8.78 Å². The van der Waals surface area contributed by atoms with Gasteiger partial charge < -0.3 is 58.6 Å². The predicted octanol–water partition coefficient (Wildman–Crippen LogP) is 5.39. The van der Waals surface area contributed by atoms with Crippen LogP contribution in [0, 0.1) is 41.2 Å². The molecule has 1 aromatic carbocycles. The van der Waals surface area contributed by atoms with Gasteiger partial charge in [0.25, 0.3) is 0 Å². The lowest BCUT2D eigenvalue weighted by Gasteiger charge is -2.50. The van der Waals surface area contributed by atoms with Crippen molar-refractivity contribution in [1.82, 2.24) is 4.90 Å². The monoisotopic (exact) mass is 887 g/mol. The van der Waals surface area contributed by atoms with Crippen LogP contribution in [0.2, 0.25) is 0 Å². The first-order valence-electron chi connectivity index (χ1n) is 22.2. The number of hydrogen-bond donors (Lipinski definition) is 4. The van der Waals surface area contributed by atoms with E-state index in [0.717, 1.165) is 18.2 Å². The van der Waals surface area contributed by atoms with E-state index >= 15 is 0 Å². The van der Waals surface area contributed by atoms with Gasteiger partial charge in [-0.1, -0.05) is 46.2 Å². The van der Waals surface area contributed by atoms with E-state index < -0.39 is 114 Å². The van der Waals surface area contributed by atoms with E-state index in [4.69, 9.17) is 33.3 Å². The summed E-state index contributed by atoms with van der Waals surface area (Å²) in [5, 5.41) is 51.6. The average molecular weight is 887 g/mol. The third kappa shape index (κ3) is 11.6. The summed E-state index contributed by atoms with van der Waals surface area (Å²) in [4.78, 5) is 22.3. The van der Waals surface area contributed by atoms with Crippen LogP contribution in [0.3, 0.4) is 0 Å². The molecule has 1 saturated carbocycles. The number of oxime groups is 1. The summed E-state index contributed by atoms with van der Waals surface area (Å²) < 4.78 is 67.5. The zero-order valence-electron chi connectivity index (χ0n) is 39.3. The molecular weight excluding hydrogens is 811 g/mol. The fourth-order valence-corrected chi connectivity index (χ4v) is 10.0. The first kappa shape index (κ1) is 52.4. The molecule has 0 aromatic heterocycles. The minimum atomic E-state index is -1.81. The molecule has 1 aliphatic carbocycles. The van der Waals surface area contributed by atoms with Crippen molar-refractivity contribution < 1.29 is 67.3 Å². The van der Waals surface area contributed by atoms with E-state index in [-0.39, 0.29) is 42.8 Å². The van der Waals surface area contributed by atoms with Gasteiger partial charge in [0.2, 0.25) is 0 Å². The number of hydrogen-bond acceptors (Lipinski definition) is 14. The van der Waals surface area contributed by atoms with E-state index in [9.17, 15) is 34.0 Å². The maximum atomic E-state index is 14.7. The van der Waals surface area contributed by atoms with Gasteiger partial charge in [0.05, 0.1) is 53.0 Å². The highest BCUT2D eigenvalue weighted by molar-refractivity contribution is 5.89.